The fourth-order valence-electron chi connectivity index (χ4n) is 2.66. The maximum Gasteiger partial charge on any atom is 0.168 e. The minimum absolute atomic E-state index is 0.0616. The summed E-state index contributed by atoms with van der Waals surface area (Å²) >= 11 is 3.18. The van der Waals surface area contributed by atoms with Gasteiger partial charge in [-0.1, -0.05) is 30.3 Å². The summed E-state index contributed by atoms with van der Waals surface area (Å²) in [6.45, 7) is 2.02. The molecule has 0 spiro atoms. The summed E-state index contributed by atoms with van der Waals surface area (Å²) in [7, 11) is 0. The summed E-state index contributed by atoms with van der Waals surface area (Å²) in [4.78, 5) is 15.8. The third-order valence-corrected chi connectivity index (χ3v) is 5.52. The average molecular weight is 341 g/mol. The van der Waals surface area contributed by atoms with E-state index in [1.54, 1.807) is 23.1 Å². The van der Waals surface area contributed by atoms with Crippen molar-refractivity contribution >= 4 is 44.8 Å². The van der Waals surface area contributed by atoms with Crippen LogP contribution in [0.3, 0.4) is 0 Å². The van der Waals surface area contributed by atoms with Crippen LogP contribution in [0.15, 0.2) is 35.3 Å². The summed E-state index contributed by atoms with van der Waals surface area (Å²) in [5, 5.41) is 4.47. The van der Waals surface area contributed by atoms with E-state index in [-0.39, 0.29) is 5.50 Å². The molecule has 116 valence electrons. The van der Waals surface area contributed by atoms with Crippen molar-refractivity contribution in [3.05, 3.63) is 40.9 Å². The Morgan fingerprint density at radius 2 is 2.00 bits per heavy atom. The number of nitrogens with two attached hydrogens (primary N) is 1. The molecule has 0 aliphatic carbocycles. The van der Waals surface area contributed by atoms with Crippen molar-refractivity contribution in [1.29, 1.82) is 0 Å². The van der Waals surface area contributed by atoms with Crippen molar-refractivity contribution in [3.8, 4) is 11.4 Å². The van der Waals surface area contributed by atoms with E-state index < -0.39 is 0 Å². The molecule has 3 aromatic rings. The number of rotatable bonds is 2. The molecule has 1 unspecified atom stereocenters. The van der Waals surface area contributed by atoms with Crippen LogP contribution >= 0.6 is 23.1 Å². The van der Waals surface area contributed by atoms with Gasteiger partial charge in [-0.25, -0.2) is 15.0 Å². The molecule has 4 rings (SSSR count). The summed E-state index contributed by atoms with van der Waals surface area (Å²) in [6, 6.07) is 10.0. The monoisotopic (exact) mass is 341 g/mol. The zero-order valence-electron chi connectivity index (χ0n) is 12.7. The zero-order chi connectivity index (χ0) is 16.0. The lowest BCUT2D eigenvalue weighted by atomic mass is 10.2. The van der Waals surface area contributed by atoms with Crippen LogP contribution in [0.4, 0.5) is 5.69 Å². The van der Waals surface area contributed by atoms with E-state index >= 15 is 0 Å². The number of benzene rings is 1. The van der Waals surface area contributed by atoms with E-state index in [1.807, 2.05) is 43.5 Å². The number of thioether (sulfide) groups is 1. The summed E-state index contributed by atoms with van der Waals surface area (Å²) < 4.78 is 0. The van der Waals surface area contributed by atoms with Crippen LogP contribution in [-0.2, 0) is 0 Å². The highest BCUT2D eigenvalue weighted by molar-refractivity contribution is 7.99. The van der Waals surface area contributed by atoms with Crippen molar-refractivity contribution in [2.45, 2.75) is 12.4 Å². The number of thiophene rings is 1. The van der Waals surface area contributed by atoms with Crippen LogP contribution < -0.4 is 11.1 Å². The van der Waals surface area contributed by atoms with Crippen molar-refractivity contribution in [3.63, 3.8) is 0 Å². The molecule has 0 amide bonds. The van der Waals surface area contributed by atoms with Gasteiger partial charge in [-0.15, -0.1) is 23.1 Å². The second-order valence-electron chi connectivity index (χ2n) is 5.23. The lowest BCUT2D eigenvalue weighted by Gasteiger charge is -2.20. The first-order valence-electron chi connectivity index (χ1n) is 7.17. The molecule has 0 radical (unpaired) electrons. The Labute approximate surface area is 142 Å². The number of anilines is 1. The number of hydrogen-bond acceptors (Lipinski definition) is 7. The number of aromatic nitrogens is 2. The Balaban J connectivity index is 1.92. The lowest BCUT2D eigenvalue weighted by Crippen LogP contribution is -2.26. The van der Waals surface area contributed by atoms with Gasteiger partial charge in [0.15, 0.2) is 11.3 Å². The van der Waals surface area contributed by atoms with E-state index in [4.69, 9.17) is 15.7 Å². The van der Waals surface area contributed by atoms with Crippen LogP contribution in [0, 0.1) is 6.92 Å². The standard InChI is InChI=1S/C16H15N5S2/c1-8-10-11-12(13(17)20-16(19-11)22-2)23-15(10)21-14(18-8)9-6-4-3-5-7-9/h3-7,16,19H,1-2H3,(H2,17,20). The van der Waals surface area contributed by atoms with Gasteiger partial charge < -0.3 is 11.1 Å². The molecular formula is C16H15N5S2. The van der Waals surface area contributed by atoms with Gasteiger partial charge in [0.25, 0.3) is 0 Å². The van der Waals surface area contributed by atoms with Gasteiger partial charge in [-0.05, 0) is 13.2 Å². The van der Waals surface area contributed by atoms with Crippen LogP contribution in [0.25, 0.3) is 21.6 Å². The molecule has 5 nitrogen and oxygen atoms in total. The van der Waals surface area contributed by atoms with Crippen LogP contribution in [-0.4, -0.2) is 27.6 Å². The summed E-state index contributed by atoms with van der Waals surface area (Å²) in [6.07, 6.45) is 2.00. The van der Waals surface area contributed by atoms with Crippen LogP contribution in [0.5, 0.6) is 0 Å². The molecule has 1 atom stereocenters. The Kier molecular flexibility index (Phi) is 3.46. The predicted molar refractivity (Wildman–Crippen MR) is 99.2 cm³/mol. The third kappa shape index (κ3) is 2.36. The zero-order valence-corrected chi connectivity index (χ0v) is 14.3. The van der Waals surface area contributed by atoms with Gasteiger partial charge in [0.05, 0.1) is 21.6 Å². The van der Waals surface area contributed by atoms with Crippen molar-refractivity contribution in [2.24, 2.45) is 10.7 Å². The number of aliphatic imine (C=N–C) groups is 1. The summed E-state index contributed by atoms with van der Waals surface area (Å²) in [5.74, 6) is 1.31. The first-order chi connectivity index (χ1) is 11.2. The molecule has 1 aliphatic rings. The van der Waals surface area contributed by atoms with E-state index in [0.29, 0.717) is 5.84 Å². The smallest absolute Gasteiger partial charge is 0.168 e. The largest absolute Gasteiger partial charge is 0.383 e. The molecule has 1 aromatic carbocycles. The predicted octanol–water partition coefficient (Wildman–Crippen LogP) is 3.44. The van der Waals surface area contributed by atoms with Crippen molar-refractivity contribution in [2.75, 3.05) is 11.6 Å². The van der Waals surface area contributed by atoms with E-state index in [1.165, 1.54) is 0 Å². The minimum atomic E-state index is -0.0616. The highest BCUT2D eigenvalue weighted by atomic mass is 32.2. The molecular weight excluding hydrogens is 326 g/mol. The quantitative estimate of drug-likeness (QED) is 0.747. The maximum absolute atomic E-state index is 6.13. The normalized spacial score (nSPS) is 16.8. The minimum Gasteiger partial charge on any atom is -0.383 e. The summed E-state index contributed by atoms with van der Waals surface area (Å²) in [5.41, 5.74) is 9.05. The molecule has 3 heterocycles. The maximum atomic E-state index is 6.13. The van der Waals surface area contributed by atoms with E-state index in [9.17, 15) is 0 Å². The highest BCUT2D eigenvalue weighted by Crippen LogP contribution is 2.40. The van der Waals surface area contributed by atoms with Crippen LogP contribution in [0.2, 0.25) is 0 Å². The molecule has 7 heteroatoms. The number of fused-ring (bicyclic) bond motifs is 3. The average Bonchev–Trinajstić information content (AvgIpc) is 2.95. The topological polar surface area (TPSA) is 76.2 Å². The molecule has 0 saturated heterocycles. The second kappa shape index (κ2) is 5.50. The number of amidine groups is 1. The van der Waals surface area contributed by atoms with Gasteiger partial charge in [0.2, 0.25) is 0 Å². The highest BCUT2D eigenvalue weighted by Gasteiger charge is 2.25. The molecule has 0 saturated carbocycles. The van der Waals surface area contributed by atoms with E-state index in [2.05, 4.69) is 10.3 Å². The van der Waals surface area contributed by atoms with Gasteiger partial charge in [-0.3, -0.25) is 0 Å². The fraction of sp³-hybridized carbons (Fsp3) is 0.188. The molecule has 0 fully saturated rings. The first kappa shape index (κ1) is 14.5. The molecule has 0 bridgehead atoms. The number of nitrogens with one attached hydrogen (secondary N) is 1. The Bertz CT molecular complexity index is 917. The van der Waals surface area contributed by atoms with Gasteiger partial charge in [0, 0.05) is 5.56 Å². The molecule has 1 aliphatic heterocycles. The molecule has 23 heavy (non-hydrogen) atoms. The second-order valence-corrected chi connectivity index (χ2v) is 7.15. The third-order valence-electron chi connectivity index (χ3n) is 3.74. The number of aryl methyl sites for hydroxylation is 1. The Morgan fingerprint density at radius 3 is 2.74 bits per heavy atom. The van der Waals surface area contributed by atoms with Gasteiger partial charge in [-0.2, -0.15) is 0 Å². The lowest BCUT2D eigenvalue weighted by molar-refractivity contribution is 1.04. The Hall–Kier alpha value is -2.12. The van der Waals surface area contributed by atoms with E-state index in [0.717, 1.165) is 37.9 Å². The fourth-order valence-corrected chi connectivity index (χ4v) is 4.21. The number of hydrogen-bond donors (Lipinski definition) is 2. The van der Waals surface area contributed by atoms with Crippen molar-refractivity contribution in [1.82, 2.24) is 9.97 Å². The van der Waals surface area contributed by atoms with Crippen molar-refractivity contribution < 1.29 is 0 Å². The SMILES string of the molecule is CSC1N=C(N)c2sc3nc(-c4ccccc4)nc(C)c3c2N1. The van der Waals surface area contributed by atoms with Gasteiger partial charge >= 0.3 is 0 Å². The molecule has 3 N–H and O–H groups in total. The number of nitrogens with zero attached hydrogens (tertiary/aromatic N) is 3. The Morgan fingerprint density at radius 1 is 1.22 bits per heavy atom. The first-order valence-corrected chi connectivity index (χ1v) is 9.27. The van der Waals surface area contributed by atoms with Crippen LogP contribution in [0.1, 0.15) is 10.6 Å². The molecule has 2 aromatic heterocycles. The van der Waals surface area contributed by atoms with Gasteiger partial charge in [0.1, 0.15) is 10.7 Å².